The van der Waals surface area contributed by atoms with Crippen molar-refractivity contribution in [3.8, 4) is 0 Å². The van der Waals surface area contributed by atoms with Gasteiger partial charge in [-0.05, 0) is 6.92 Å². The number of nitrogens with two attached hydrogens (primary N) is 1. The summed E-state index contributed by atoms with van der Waals surface area (Å²) in [6.07, 6.45) is -0.155. The first-order chi connectivity index (χ1) is 7.47. The average molecular weight is 246 g/mol. The second-order valence-corrected chi connectivity index (χ2v) is 3.70. The molecule has 0 aliphatic heterocycles. The van der Waals surface area contributed by atoms with Crippen LogP contribution < -0.4 is 17.0 Å². The van der Waals surface area contributed by atoms with Gasteiger partial charge in [0.25, 0.3) is 5.56 Å². The van der Waals surface area contributed by atoms with E-state index in [1.165, 1.54) is 6.92 Å². The molecule has 16 heavy (non-hydrogen) atoms. The first kappa shape index (κ1) is 12.5. The van der Waals surface area contributed by atoms with Crippen molar-refractivity contribution < 1.29 is 4.79 Å². The number of primary amides is 1. The van der Waals surface area contributed by atoms with Gasteiger partial charge in [-0.3, -0.25) is 14.2 Å². The Hall–Kier alpha value is -1.56. The zero-order valence-electron chi connectivity index (χ0n) is 8.75. The molecular weight excluding hydrogens is 234 g/mol. The molecule has 7 heteroatoms. The minimum Gasteiger partial charge on any atom is -0.369 e. The molecule has 3 N–H and O–H groups in total. The lowest BCUT2D eigenvalue weighted by Gasteiger charge is -2.07. The standard InChI is InChI=1S/C9H12ClN3O3/c1-5-6(4-7(11)14)12-9(16)13(3-2-10)8(5)15/h2-4H2,1H3,(H2,11,14)(H,12,16). The summed E-state index contributed by atoms with van der Waals surface area (Å²) in [6.45, 7) is 1.66. The van der Waals surface area contributed by atoms with Gasteiger partial charge in [0.05, 0.1) is 6.42 Å². The molecule has 0 aliphatic carbocycles. The topological polar surface area (TPSA) is 97.9 Å². The van der Waals surface area contributed by atoms with Crippen molar-refractivity contribution >= 4 is 17.5 Å². The van der Waals surface area contributed by atoms with Crippen molar-refractivity contribution in [2.75, 3.05) is 5.88 Å². The summed E-state index contributed by atoms with van der Waals surface area (Å²) in [5.41, 5.74) is 4.55. The van der Waals surface area contributed by atoms with E-state index in [1.807, 2.05) is 0 Å². The van der Waals surface area contributed by atoms with Crippen LogP contribution in [0.15, 0.2) is 9.59 Å². The highest BCUT2D eigenvalue weighted by molar-refractivity contribution is 6.17. The van der Waals surface area contributed by atoms with Crippen molar-refractivity contribution in [1.29, 1.82) is 0 Å². The minimum atomic E-state index is -0.603. The first-order valence-corrected chi connectivity index (χ1v) is 5.17. The number of rotatable bonds is 4. The molecular formula is C9H12ClN3O3. The lowest BCUT2D eigenvalue weighted by atomic mass is 10.2. The quantitative estimate of drug-likeness (QED) is 0.674. The predicted molar refractivity (Wildman–Crippen MR) is 59.7 cm³/mol. The number of H-pyrrole nitrogens is 1. The number of nitrogens with one attached hydrogen (secondary N) is 1. The fourth-order valence-electron chi connectivity index (χ4n) is 1.35. The normalized spacial score (nSPS) is 10.4. The van der Waals surface area contributed by atoms with Crippen LogP contribution in [0.4, 0.5) is 0 Å². The van der Waals surface area contributed by atoms with Crippen LogP contribution in [0.2, 0.25) is 0 Å². The van der Waals surface area contributed by atoms with Gasteiger partial charge < -0.3 is 10.7 Å². The number of carbonyl (C=O) groups excluding carboxylic acids is 1. The van der Waals surface area contributed by atoms with Crippen LogP contribution in [-0.4, -0.2) is 21.3 Å². The molecule has 88 valence electrons. The van der Waals surface area contributed by atoms with Crippen LogP contribution in [0.5, 0.6) is 0 Å². The maximum Gasteiger partial charge on any atom is 0.328 e. The Morgan fingerprint density at radius 2 is 2.12 bits per heavy atom. The minimum absolute atomic E-state index is 0.132. The van der Waals surface area contributed by atoms with E-state index < -0.39 is 17.2 Å². The molecule has 1 amide bonds. The summed E-state index contributed by atoms with van der Waals surface area (Å²) in [5.74, 6) is -0.439. The largest absolute Gasteiger partial charge is 0.369 e. The van der Waals surface area contributed by atoms with Gasteiger partial charge in [-0.1, -0.05) is 0 Å². The number of carbonyl (C=O) groups is 1. The summed E-state index contributed by atoms with van der Waals surface area (Å²) < 4.78 is 0.993. The number of hydrogen-bond donors (Lipinski definition) is 2. The molecule has 0 spiro atoms. The Balaban J connectivity index is 3.33. The summed E-state index contributed by atoms with van der Waals surface area (Å²) in [4.78, 5) is 36.4. The molecule has 0 saturated carbocycles. The van der Waals surface area contributed by atoms with E-state index in [4.69, 9.17) is 17.3 Å². The summed E-state index contributed by atoms with van der Waals surface area (Å²) >= 11 is 5.47. The Morgan fingerprint density at radius 3 is 2.62 bits per heavy atom. The molecule has 6 nitrogen and oxygen atoms in total. The molecule has 0 radical (unpaired) electrons. The van der Waals surface area contributed by atoms with Gasteiger partial charge in [0, 0.05) is 23.7 Å². The van der Waals surface area contributed by atoms with E-state index in [2.05, 4.69) is 4.98 Å². The number of nitrogens with zero attached hydrogens (tertiary/aromatic N) is 1. The number of halogens is 1. The fraction of sp³-hybridized carbons (Fsp3) is 0.444. The maximum atomic E-state index is 11.7. The first-order valence-electron chi connectivity index (χ1n) is 4.64. The van der Waals surface area contributed by atoms with Crippen molar-refractivity contribution in [1.82, 2.24) is 9.55 Å². The summed E-state index contributed by atoms with van der Waals surface area (Å²) in [5, 5.41) is 0. The van der Waals surface area contributed by atoms with Crippen LogP contribution in [0.3, 0.4) is 0 Å². The van der Waals surface area contributed by atoms with Crippen LogP contribution >= 0.6 is 11.6 Å². The van der Waals surface area contributed by atoms with Crippen LogP contribution in [-0.2, 0) is 17.8 Å². The van der Waals surface area contributed by atoms with Crippen molar-refractivity contribution in [2.24, 2.45) is 5.73 Å². The molecule has 1 aromatic rings. The van der Waals surface area contributed by atoms with Crippen LogP contribution in [0, 0.1) is 6.92 Å². The number of alkyl halides is 1. The van der Waals surface area contributed by atoms with E-state index in [-0.39, 0.29) is 24.5 Å². The fourth-order valence-corrected chi connectivity index (χ4v) is 1.52. The molecule has 0 saturated heterocycles. The third kappa shape index (κ3) is 2.52. The zero-order valence-corrected chi connectivity index (χ0v) is 9.50. The SMILES string of the molecule is Cc1c(CC(N)=O)[nH]c(=O)n(CCCl)c1=O. The molecule has 0 bridgehead atoms. The van der Waals surface area contributed by atoms with Crippen molar-refractivity contribution in [2.45, 2.75) is 19.9 Å². The lowest BCUT2D eigenvalue weighted by Crippen LogP contribution is -2.39. The zero-order chi connectivity index (χ0) is 12.3. The smallest absolute Gasteiger partial charge is 0.328 e. The van der Waals surface area contributed by atoms with E-state index in [0.29, 0.717) is 5.56 Å². The van der Waals surface area contributed by atoms with E-state index in [0.717, 1.165) is 4.57 Å². The van der Waals surface area contributed by atoms with E-state index in [9.17, 15) is 14.4 Å². The van der Waals surface area contributed by atoms with E-state index >= 15 is 0 Å². The second-order valence-electron chi connectivity index (χ2n) is 3.32. The van der Waals surface area contributed by atoms with Gasteiger partial charge in [-0.2, -0.15) is 0 Å². The predicted octanol–water partition coefficient (Wildman–Crippen LogP) is -0.888. The average Bonchev–Trinajstić information content (AvgIpc) is 2.20. The number of hydrogen-bond acceptors (Lipinski definition) is 3. The Bertz CT molecular complexity index is 518. The van der Waals surface area contributed by atoms with Gasteiger partial charge in [0.2, 0.25) is 5.91 Å². The molecule has 0 atom stereocenters. The maximum absolute atomic E-state index is 11.7. The molecule has 0 fully saturated rings. The number of aromatic nitrogens is 2. The van der Waals surface area contributed by atoms with Gasteiger partial charge >= 0.3 is 5.69 Å². The third-order valence-electron chi connectivity index (χ3n) is 2.18. The Labute approximate surface area is 96.0 Å². The molecule has 0 aliphatic rings. The van der Waals surface area contributed by atoms with E-state index in [1.54, 1.807) is 0 Å². The number of aromatic amines is 1. The highest BCUT2D eigenvalue weighted by atomic mass is 35.5. The van der Waals surface area contributed by atoms with Gasteiger partial charge in [-0.25, -0.2) is 4.79 Å². The van der Waals surface area contributed by atoms with Crippen molar-refractivity contribution in [3.63, 3.8) is 0 Å². The highest BCUT2D eigenvalue weighted by Crippen LogP contribution is 1.96. The molecule has 0 aromatic carbocycles. The summed E-state index contributed by atoms with van der Waals surface area (Å²) in [6, 6.07) is 0. The molecule has 1 rings (SSSR count). The van der Waals surface area contributed by atoms with Gasteiger partial charge in [-0.15, -0.1) is 11.6 Å². The van der Waals surface area contributed by atoms with Crippen LogP contribution in [0.25, 0.3) is 0 Å². The highest BCUT2D eigenvalue weighted by Gasteiger charge is 2.11. The Kier molecular flexibility index (Phi) is 3.89. The van der Waals surface area contributed by atoms with Gasteiger partial charge in [0.15, 0.2) is 0 Å². The number of amides is 1. The Morgan fingerprint density at radius 1 is 1.50 bits per heavy atom. The molecule has 0 unspecified atom stereocenters. The second kappa shape index (κ2) is 4.98. The summed E-state index contributed by atoms with van der Waals surface area (Å²) in [7, 11) is 0. The third-order valence-corrected chi connectivity index (χ3v) is 2.35. The van der Waals surface area contributed by atoms with Crippen LogP contribution in [0.1, 0.15) is 11.3 Å². The molecule has 1 aromatic heterocycles. The van der Waals surface area contributed by atoms with Gasteiger partial charge in [0.1, 0.15) is 0 Å². The molecule has 1 heterocycles. The monoisotopic (exact) mass is 245 g/mol. The lowest BCUT2D eigenvalue weighted by molar-refractivity contribution is -0.117. The van der Waals surface area contributed by atoms with Crippen molar-refractivity contribution in [3.05, 3.63) is 32.1 Å².